The lowest BCUT2D eigenvalue weighted by atomic mass is 10.2. The lowest BCUT2D eigenvalue weighted by Gasteiger charge is -2.23. The molecule has 156 valence electrons. The van der Waals surface area contributed by atoms with E-state index >= 15 is 0 Å². The molecule has 1 saturated heterocycles. The van der Waals surface area contributed by atoms with Gasteiger partial charge < -0.3 is 25.0 Å². The third-order valence-corrected chi connectivity index (χ3v) is 4.76. The van der Waals surface area contributed by atoms with E-state index in [2.05, 4.69) is 15.7 Å². The first-order valence-corrected chi connectivity index (χ1v) is 9.84. The summed E-state index contributed by atoms with van der Waals surface area (Å²) in [4.78, 5) is 26.4. The summed E-state index contributed by atoms with van der Waals surface area (Å²) in [7, 11) is 1.57. The second-order valence-corrected chi connectivity index (χ2v) is 6.82. The second-order valence-electron chi connectivity index (χ2n) is 6.82. The number of amides is 1. The van der Waals surface area contributed by atoms with E-state index in [-0.39, 0.29) is 17.2 Å². The largest absolute Gasteiger partial charge is 0.490 e. The molecule has 0 unspecified atom stereocenters. The van der Waals surface area contributed by atoms with Crippen molar-refractivity contribution in [3.63, 3.8) is 0 Å². The molecule has 2 aromatic rings. The normalized spacial score (nSPS) is 14.4. The van der Waals surface area contributed by atoms with E-state index in [9.17, 15) is 9.59 Å². The summed E-state index contributed by atoms with van der Waals surface area (Å²) in [6, 6.07) is 7.03. The molecular weight excluding hydrogens is 374 g/mol. The van der Waals surface area contributed by atoms with Gasteiger partial charge in [0.2, 0.25) is 0 Å². The summed E-state index contributed by atoms with van der Waals surface area (Å²) in [5, 5.41) is 10.0. The number of carbonyl (C=O) groups is 1. The molecule has 9 heteroatoms. The smallest absolute Gasteiger partial charge is 0.294 e. The Hall–Kier alpha value is -2.91. The molecular formula is C20H28N5O4+. The minimum Gasteiger partial charge on any atom is -0.490 e. The van der Waals surface area contributed by atoms with Crippen LogP contribution in [0.1, 0.15) is 17.3 Å². The summed E-state index contributed by atoms with van der Waals surface area (Å²) < 4.78 is 12.1. The predicted octanol–water partition coefficient (Wildman–Crippen LogP) is -0.432. The molecule has 9 nitrogen and oxygen atoms in total. The molecule has 1 aromatic heterocycles. The molecule has 1 aliphatic rings. The van der Waals surface area contributed by atoms with E-state index < -0.39 is 0 Å². The zero-order valence-electron chi connectivity index (χ0n) is 16.9. The van der Waals surface area contributed by atoms with E-state index in [0.29, 0.717) is 30.2 Å². The highest BCUT2D eigenvalue weighted by Gasteiger charge is 2.15. The van der Waals surface area contributed by atoms with Crippen LogP contribution in [-0.4, -0.2) is 61.7 Å². The number of rotatable bonds is 8. The van der Waals surface area contributed by atoms with Gasteiger partial charge in [0.25, 0.3) is 11.5 Å². The fourth-order valence-electron chi connectivity index (χ4n) is 3.15. The number of benzene rings is 1. The number of hydrogen-bond acceptors (Lipinski definition) is 6. The van der Waals surface area contributed by atoms with Crippen molar-refractivity contribution in [1.82, 2.24) is 15.1 Å². The molecule has 2 heterocycles. The van der Waals surface area contributed by atoms with Crippen molar-refractivity contribution in [2.75, 3.05) is 51.3 Å². The van der Waals surface area contributed by atoms with Crippen molar-refractivity contribution in [3.05, 3.63) is 46.4 Å². The maximum absolute atomic E-state index is 12.5. The van der Waals surface area contributed by atoms with Crippen LogP contribution in [-0.2, 0) is 11.8 Å². The van der Waals surface area contributed by atoms with E-state index in [1.54, 1.807) is 31.3 Å². The third-order valence-electron chi connectivity index (χ3n) is 4.76. The van der Waals surface area contributed by atoms with Crippen LogP contribution in [0.4, 0.5) is 11.4 Å². The van der Waals surface area contributed by atoms with Crippen LogP contribution >= 0.6 is 0 Å². The molecule has 0 atom stereocenters. The molecule has 0 spiro atoms. The van der Waals surface area contributed by atoms with Gasteiger partial charge in [0.05, 0.1) is 39.1 Å². The lowest BCUT2D eigenvalue weighted by molar-refractivity contribution is -0.906. The highest BCUT2D eigenvalue weighted by Crippen LogP contribution is 2.23. The van der Waals surface area contributed by atoms with Gasteiger partial charge >= 0.3 is 0 Å². The van der Waals surface area contributed by atoms with E-state index in [1.807, 2.05) is 6.92 Å². The minimum absolute atomic E-state index is 0.144. The average Bonchev–Trinajstić information content (AvgIpc) is 2.74. The van der Waals surface area contributed by atoms with Gasteiger partial charge in [-0.15, -0.1) is 0 Å². The predicted molar refractivity (Wildman–Crippen MR) is 109 cm³/mol. The number of nitrogens with one attached hydrogen (secondary N) is 3. The lowest BCUT2D eigenvalue weighted by Crippen LogP contribution is -3.14. The highest BCUT2D eigenvalue weighted by molar-refractivity contribution is 5.95. The van der Waals surface area contributed by atoms with Crippen LogP contribution in [0.5, 0.6) is 5.75 Å². The maximum atomic E-state index is 12.5. The molecule has 0 saturated carbocycles. The number of ether oxygens (including phenoxy) is 2. The summed E-state index contributed by atoms with van der Waals surface area (Å²) in [6.45, 7) is 7.21. The van der Waals surface area contributed by atoms with E-state index in [1.165, 1.54) is 15.8 Å². The van der Waals surface area contributed by atoms with Gasteiger partial charge in [-0.1, -0.05) is 6.07 Å². The van der Waals surface area contributed by atoms with Crippen LogP contribution in [0.3, 0.4) is 0 Å². The second kappa shape index (κ2) is 10.0. The first kappa shape index (κ1) is 20.8. The molecule has 1 aromatic carbocycles. The van der Waals surface area contributed by atoms with Crippen LogP contribution < -0.4 is 25.8 Å². The zero-order chi connectivity index (χ0) is 20.6. The Morgan fingerprint density at radius 1 is 1.34 bits per heavy atom. The first-order chi connectivity index (χ1) is 14.1. The number of hydrogen-bond donors (Lipinski definition) is 3. The van der Waals surface area contributed by atoms with Crippen LogP contribution in [0.25, 0.3) is 0 Å². The molecule has 1 amide bonds. The Bertz CT molecular complexity index is 893. The fraction of sp³-hybridized carbons (Fsp3) is 0.450. The van der Waals surface area contributed by atoms with E-state index in [0.717, 1.165) is 32.8 Å². The third kappa shape index (κ3) is 5.55. The Kier molecular flexibility index (Phi) is 7.20. The first-order valence-electron chi connectivity index (χ1n) is 9.84. The monoisotopic (exact) mass is 402 g/mol. The van der Waals surface area contributed by atoms with Gasteiger partial charge in [0.15, 0.2) is 11.4 Å². The highest BCUT2D eigenvalue weighted by atomic mass is 16.5. The Morgan fingerprint density at radius 3 is 2.90 bits per heavy atom. The minimum atomic E-state index is -0.306. The van der Waals surface area contributed by atoms with Gasteiger partial charge in [-0.25, -0.2) is 4.68 Å². The molecule has 3 rings (SSSR count). The number of carbonyl (C=O) groups excluding carboxylic acids is 1. The summed E-state index contributed by atoms with van der Waals surface area (Å²) in [5.74, 6) is 0.230. The SMILES string of the molecule is CCOc1cnn(C)c(=O)c1Nc1cccc(C(=O)NCC[NH+]2CCOCC2)c1. The van der Waals surface area contributed by atoms with Crippen LogP contribution in [0.2, 0.25) is 0 Å². The van der Waals surface area contributed by atoms with Gasteiger partial charge in [-0.05, 0) is 25.1 Å². The average molecular weight is 402 g/mol. The summed E-state index contributed by atoms with van der Waals surface area (Å²) in [5.41, 5.74) is 1.13. The fourth-order valence-corrected chi connectivity index (χ4v) is 3.15. The van der Waals surface area contributed by atoms with Gasteiger partial charge in [0, 0.05) is 18.3 Å². The van der Waals surface area contributed by atoms with Crippen LogP contribution in [0.15, 0.2) is 35.3 Å². The van der Waals surface area contributed by atoms with Gasteiger partial charge in [0.1, 0.15) is 13.1 Å². The van der Waals surface area contributed by atoms with Gasteiger partial charge in [-0.2, -0.15) is 5.10 Å². The molecule has 0 aliphatic carbocycles. The van der Waals surface area contributed by atoms with Crippen molar-refractivity contribution in [2.24, 2.45) is 7.05 Å². The summed E-state index contributed by atoms with van der Waals surface area (Å²) >= 11 is 0. The molecule has 0 radical (unpaired) electrons. The number of quaternary nitrogens is 1. The van der Waals surface area contributed by atoms with Crippen molar-refractivity contribution in [1.29, 1.82) is 0 Å². The molecule has 1 fully saturated rings. The number of morpholine rings is 1. The molecule has 1 aliphatic heterocycles. The number of aryl methyl sites for hydroxylation is 1. The standard InChI is InChI=1S/C20H27N5O4/c1-3-29-17-14-22-24(2)20(27)18(17)23-16-6-4-5-15(13-16)19(26)21-7-8-25-9-11-28-12-10-25/h4-6,13-14,23H,3,7-12H2,1-2H3,(H,21,26)/p+1. The quantitative estimate of drug-likeness (QED) is 0.554. The Balaban J connectivity index is 1.66. The summed E-state index contributed by atoms with van der Waals surface area (Å²) in [6.07, 6.45) is 1.50. The topological polar surface area (TPSA) is 98.9 Å². The Labute approximate surface area is 169 Å². The Morgan fingerprint density at radius 2 is 2.14 bits per heavy atom. The molecule has 3 N–H and O–H groups in total. The zero-order valence-corrected chi connectivity index (χ0v) is 16.9. The number of aromatic nitrogens is 2. The van der Waals surface area contributed by atoms with Crippen molar-refractivity contribution in [3.8, 4) is 5.75 Å². The van der Waals surface area contributed by atoms with Crippen molar-refractivity contribution < 1.29 is 19.2 Å². The maximum Gasteiger partial charge on any atom is 0.294 e. The van der Waals surface area contributed by atoms with Crippen molar-refractivity contribution >= 4 is 17.3 Å². The van der Waals surface area contributed by atoms with Crippen molar-refractivity contribution in [2.45, 2.75) is 6.92 Å². The number of anilines is 2. The molecule has 29 heavy (non-hydrogen) atoms. The van der Waals surface area contributed by atoms with Gasteiger partial charge in [-0.3, -0.25) is 9.59 Å². The van der Waals surface area contributed by atoms with E-state index in [4.69, 9.17) is 9.47 Å². The van der Waals surface area contributed by atoms with Crippen LogP contribution in [0, 0.1) is 0 Å². The number of nitrogens with zero attached hydrogens (tertiary/aromatic N) is 2. The molecule has 0 bridgehead atoms.